The lowest BCUT2D eigenvalue weighted by Gasteiger charge is -2.65. The minimum absolute atomic E-state index is 0.131. The zero-order chi connectivity index (χ0) is 28.8. The number of hydrogen-bond acceptors (Lipinski definition) is 7. The molecule has 7 nitrogen and oxygen atoms in total. The second-order valence-electron chi connectivity index (χ2n) is 14.3. The summed E-state index contributed by atoms with van der Waals surface area (Å²) in [6.45, 7) is 12.2. The van der Waals surface area contributed by atoms with Gasteiger partial charge in [-0.15, -0.1) is 0 Å². The number of ether oxygens (including phenoxy) is 3. The lowest BCUT2D eigenvalue weighted by Crippen LogP contribution is -2.63. The van der Waals surface area contributed by atoms with Crippen LogP contribution in [0, 0.1) is 46.3 Å². The van der Waals surface area contributed by atoms with E-state index in [2.05, 4.69) is 20.8 Å². The summed E-state index contributed by atoms with van der Waals surface area (Å²) < 4.78 is 20.1. The minimum atomic E-state index is 0.131. The summed E-state index contributed by atoms with van der Waals surface area (Å²) >= 11 is 0. The van der Waals surface area contributed by atoms with Crippen LogP contribution in [-0.4, -0.2) is 69.5 Å². The molecule has 0 spiro atoms. The number of hydrogen-bond donors (Lipinski definition) is 4. The summed E-state index contributed by atoms with van der Waals surface area (Å²) in [6, 6.07) is 0. The average molecular weight is 566 g/mol. The summed E-state index contributed by atoms with van der Waals surface area (Å²) in [5, 5.41) is 9.58. The van der Waals surface area contributed by atoms with Crippen molar-refractivity contribution in [1.82, 2.24) is 0 Å². The predicted octanol–water partition coefficient (Wildman–Crippen LogP) is 4.48. The summed E-state index contributed by atoms with van der Waals surface area (Å²) in [4.78, 5) is 0. The van der Waals surface area contributed by atoms with Crippen molar-refractivity contribution in [2.45, 2.75) is 116 Å². The first-order valence-corrected chi connectivity index (χ1v) is 16.9. The molecule has 0 bridgehead atoms. The second kappa shape index (κ2) is 14.9. The van der Waals surface area contributed by atoms with Gasteiger partial charge in [-0.25, -0.2) is 0 Å². The molecule has 4 rings (SSSR count). The largest absolute Gasteiger partial charge is 0.396 e. The van der Waals surface area contributed by atoms with E-state index in [0.717, 1.165) is 77.6 Å². The van der Waals surface area contributed by atoms with Crippen molar-refractivity contribution < 1.29 is 19.3 Å². The van der Waals surface area contributed by atoms with Crippen LogP contribution in [0.3, 0.4) is 0 Å². The number of rotatable bonds is 16. The van der Waals surface area contributed by atoms with E-state index >= 15 is 0 Å². The number of aliphatic hydroxyl groups excluding tert-OH is 1. The van der Waals surface area contributed by atoms with Crippen LogP contribution >= 0.6 is 0 Å². The van der Waals surface area contributed by atoms with Gasteiger partial charge in [0.05, 0.1) is 18.3 Å². The molecule has 0 radical (unpaired) electrons. The molecular formula is C33H63N3O4. The van der Waals surface area contributed by atoms with E-state index in [4.69, 9.17) is 31.4 Å². The molecule has 0 aliphatic heterocycles. The van der Waals surface area contributed by atoms with Crippen molar-refractivity contribution in [3.05, 3.63) is 0 Å². The van der Waals surface area contributed by atoms with E-state index in [9.17, 15) is 5.11 Å². The highest BCUT2D eigenvalue weighted by Gasteiger charge is 2.66. The van der Waals surface area contributed by atoms with E-state index in [1.807, 2.05) is 0 Å². The molecule has 234 valence electrons. The smallest absolute Gasteiger partial charge is 0.0637 e. The van der Waals surface area contributed by atoms with E-state index < -0.39 is 0 Å². The fourth-order valence-corrected chi connectivity index (χ4v) is 10.2. The maximum absolute atomic E-state index is 9.58. The van der Waals surface area contributed by atoms with Gasteiger partial charge in [0, 0.05) is 31.8 Å². The van der Waals surface area contributed by atoms with Crippen LogP contribution in [0.1, 0.15) is 97.8 Å². The van der Waals surface area contributed by atoms with Crippen LogP contribution in [-0.2, 0) is 14.2 Å². The molecule has 4 saturated carbocycles. The first-order valence-electron chi connectivity index (χ1n) is 16.9. The second-order valence-corrected chi connectivity index (χ2v) is 14.3. The molecule has 40 heavy (non-hydrogen) atoms. The Hall–Kier alpha value is -0.280. The standard InChI is InChI=1S/C33H63N3O4/c1-23(8-4-16-37)26-9-10-27-31-28(22-30(33(26,27)3)40-19-7-15-36)32(2)12-11-25(38-17-5-13-34)20-24(32)21-29(31)39-18-6-14-35/h23-31,37H,4-22,34-36H2,1-3H3/t23-,24?,25-,26?,27+,28+,29-,30+,31?,32+,33-/m1/s1. The van der Waals surface area contributed by atoms with Gasteiger partial charge in [-0.05, 0) is 138 Å². The number of aliphatic hydroxyl groups is 1. The SMILES string of the molecule is C[C@H](CCCO)C1CC[C@H]2C3[C@H](OCCCN)CC4C[C@H](OCCCN)CC[C@]4(C)[C@H]3C[C@H](OCCCN)[C@]12C. The predicted molar refractivity (Wildman–Crippen MR) is 162 cm³/mol. The van der Waals surface area contributed by atoms with Crippen LogP contribution in [0.2, 0.25) is 0 Å². The maximum Gasteiger partial charge on any atom is 0.0637 e. The molecule has 11 atom stereocenters. The van der Waals surface area contributed by atoms with Gasteiger partial charge in [-0.2, -0.15) is 0 Å². The Morgan fingerprint density at radius 1 is 0.800 bits per heavy atom. The van der Waals surface area contributed by atoms with Crippen molar-refractivity contribution in [3.8, 4) is 0 Å². The van der Waals surface area contributed by atoms with Crippen LogP contribution in [0.5, 0.6) is 0 Å². The highest BCUT2D eigenvalue weighted by atomic mass is 16.5. The van der Waals surface area contributed by atoms with Crippen molar-refractivity contribution in [1.29, 1.82) is 0 Å². The summed E-state index contributed by atoms with van der Waals surface area (Å²) in [5.74, 6) is 3.60. The lowest BCUT2D eigenvalue weighted by molar-refractivity contribution is -0.227. The van der Waals surface area contributed by atoms with Crippen LogP contribution < -0.4 is 17.2 Å². The van der Waals surface area contributed by atoms with Crippen molar-refractivity contribution >= 4 is 0 Å². The molecule has 4 fully saturated rings. The molecule has 3 unspecified atom stereocenters. The normalized spacial score (nSPS) is 41.8. The van der Waals surface area contributed by atoms with E-state index in [0.29, 0.717) is 72.8 Å². The molecule has 0 saturated heterocycles. The van der Waals surface area contributed by atoms with Gasteiger partial charge >= 0.3 is 0 Å². The van der Waals surface area contributed by atoms with Gasteiger partial charge in [0.2, 0.25) is 0 Å². The number of nitrogens with two attached hydrogens (primary N) is 3. The van der Waals surface area contributed by atoms with Crippen LogP contribution in [0.15, 0.2) is 0 Å². The topological polar surface area (TPSA) is 126 Å². The molecule has 0 aromatic heterocycles. The quantitative estimate of drug-likeness (QED) is 0.203. The van der Waals surface area contributed by atoms with Gasteiger partial charge < -0.3 is 36.5 Å². The Bertz CT molecular complexity index is 757. The molecule has 4 aliphatic carbocycles. The lowest BCUT2D eigenvalue weighted by atomic mass is 9.43. The van der Waals surface area contributed by atoms with E-state index in [-0.39, 0.29) is 18.1 Å². The first kappa shape index (κ1) is 32.6. The van der Waals surface area contributed by atoms with Gasteiger partial charge in [-0.1, -0.05) is 20.8 Å². The number of fused-ring (bicyclic) bond motifs is 5. The third-order valence-electron chi connectivity index (χ3n) is 12.3. The Kier molecular flexibility index (Phi) is 12.2. The van der Waals surface area contributed by atoms with Gasteiger partial charge in [0.25, 0.3) is 0 Å². The monoisotopic (exact) mass is 565 g/mol. The van der Waals surface area contributed by atoms with Crippen LogP contribution in [0.25, 0.3) is 0 Å². The van der Waals surface area contributed by atoms with Crippen LogP contribution in [0.4, 0.5) is 0 Å². The first-order chi connectivity index (χ1) is 19.3. The molecule has 0 heterocycles. The third kappa shape index (κ3) is 6.61. The molecular weight excluding hydrogens is 502 g/mol. The Morgan fingerprint density at radius 3 is 2.15 bits per heavy atom. The summed E-state index contributed by atoms with van der Waals surface area (Å²) in [6.07, 6.45) is 14.0. The molecule has 0 aromatic carbocycles. The zero-order valence-electron chi connectivity index (χ0n) is 26.0. The van der Waals surface area contributed by atoms with Crippen molar-refractivity contribution in [3.63, 3.8) is 0 Å². The fourth-order valence-electron chi connectivity index (χ4n) is 10.2. The molecule has 0 aromatic rings. The molecule has 7 N–H and O–H groups in total. The van der Waals surface area contributed by atoms with E-state index in [1.54, 1.807) is 0 Å². The summed E-state index contributed by atoms with van der Waals surface area (Å²) in [7, 11) is 0. The zero-order valence-corrected chi connectivity index (χ0v) is 26.0. The third-order valence-corrected chi connectivity index (χ3v) is 12.3. The average Bonchev–Trinajstić information content (AvgIpc) is 3.31. The maximum atomic E-state index is 9.58. The van der Waals surface area contributed by atoms with Gasteiger partial charge in [0.15, 0.2) is 0 Å². The Balaban J connectivity index is 1.64. The van der Waals surface area contributed by atoms with Gasteiger partial charge in [-0.3, -0.25) is 0 Å². The highest BCUT2D eigenvalue weighted by Crippen LogP contribution is 2.69. The highest BCUT2D eigenvalue weighted by molar-refractivity contribution is 5.15. The van der Waals surface area contributed by atoms with Crippen molar-refractivity contribution in [2.75, 3.05) is 46.1 Å². The fraction of sp³-hybridized carbons (Fsp3) is 1.00. The Morgan fingerprint density at radius 2 is 1.48 bits per heavy atom. The van der Waals surface area contributed by atoms with Crippen molar-refractivity contribution in [2.24, 2.45) is 63.5 Å². The summed E-state index contributed by atoms with van der Waals surface area (Å²) in [5.41, 5.74) is 18.0. The molecule has 4 aliphatic rings. The minimum Gasteiger partial charge on any atom is -0.396 e. The molecule has 7 heteroatoms. The Labute approximate surface area is 245 Å². The van der Waals surface area contributed by atoms with Gasteiger partial charge in [0.1, 0.15) is 0 Å². The molecule has 0 amide bonds. The van der Waals surface area contributed by atoms with E-state index in [1.165, 1.54) is 19.3 Å².